The maximum absolute atomic E-state index is 11.8. The van der Waals surface area contributed by atoms with E-state index in [4.69, 9.17) is 5.11 Å². The van der Waals surface area contributed by atoms with Crippen LogP contribution >= 0.6 is 0 Å². The summed E-state index contributed by atoms with van der Waals surface area (Å²) in [5, 5.41) is 11.7. The van der Waals surface area contributed by atoms with Crippen molar-refractivity contribution < 1.29 is 14.7 Å². The number of nitrogens with one attached hydrogen (secondary N) is 1. The average molecular weight is 225 g/mol. The number of carbonyl (C=O) groups excluding carboxylic acids is 1. The molecule has 0 aliphatic heterocycles. The van der Waals surface area contributed by atoms with Gasteiger partial charge < -0.3 is 10.4 Å². The van der Waals surface area contributed by atoms with Crippen LogP contribution in [-0.2, 0) is 9.59 Å². The van der Waals surface area contributed by atoms with Gasteiger partial charge in [0.25, 0.3) is 0 Å². The quantitative estimate of drug-likeness (QED) is 0.757. The van der Waals surface area contributed by atoms with Crippen LogP contribution in [0.1, 0.15) is 33.1 Å². The van der Waals surface area contributed by atoms with E-state index in [2.05, 4.69) is 5.32 Å². The molecule has 2 aliphatic carbocycles. The first-order valence-electron chi connectivity index (χ1n) is 6.02. The zero-order valence-corrected chi connectivity index (χ0v) is 9.77. The van der Waals surface area contributed by atoms with Crippen molar-refractivity contribution in [1.82, 2.24) is 5.32 Å². The fraction of sp³-hybridized carbons (Fsp3) is 0.833. The molecule has 4 atom stereocenters. The highest BCUT2D eigenvalue weighted by Gasteiger charge is 2.48. The Morgan fingerprint density at radius 1 is 1.19 bits per heavy atom. The van der Waals surface area contributed by atoms with E-state index in [0.717, 1.165) is 24.7 Å². The second-order valence-electron chi connectivity index (χ2n) is 5.35. The molecule has 1 amide bonds. The highest BCUT2D eigenvalue weighted by molar-refractivity contribution is 5.80. The van der Waals surface area contributed by atoms with Gasteiger partial charge in [0.2, 0.25) is 5.91 Å². The Morgan fingerprint density at radius 2 is 1.75 bits per heavy atom. The first kappa shape index (κ1) is 11.4. The summed E-state index contributed by atoms with van der Waals surface area (Å²) in [5.74, 6) is 0.354. The maximum atomic E-state index is 11.8. The fourth-order valence-corrected chi connectivity index (χ4v) is 2.61. The lowest BCUT2D eigenvalue weighted by atomic mass is 9.99. The number of carboxylic acid groups (broad SMARTS) is 1. The molecule has 0 saturated heterocycles. The van der Waals surface area contributed by atoms with Gasteiger partial charge in [0.1, 0.15) is 0 Å². The van der Waals surface area contributed by atoms with Crippen LogP contribution in [0.3, 0.4) is 0 Å². The number of carbonyl (C=O) groups is 2. The first-order chi connectivity index (χ1) is 7.49. The van der Waals surface area contributed by atoms with Crippen LogP contribution in [-0.4, -0.2) is 23.0 Å². The van der Waals surface area contributed by atoms with Gasteiger partial charge in [-0.1, -0.05) is 0 Å². The second kappa shape index (κ2) is 4.07. The van der Waals surface area contributed by atoms with Crippen LogP contribution in [0.2, 0.25) is 0 Å². The minimum Gasteiger partial charge on any atom is -0.481 e. The van der Waals surface area contributed by atoms with Crippen molar-refractivity contribution >= 4 is 11.9 Å². The molecule has 0 spiro atoms. The summed E-state index contributed by atoms with van der Waals surface area (Å²) >= 11 is 0. The number of hydrogen-bond acceptors (Lipinski definition) is 2. The monoisotopic (exact) mass is 225 g/mol. The largest absolute Gasteiger partial charge is 0.481 e. The van der Waals surface area contributed by atoms with Crippen molar-refractivity contribution in [3.63, 3.8) is 0 Å². The third-order valence-corrected chi connectivity index (χ3v) is 4.12. The summed E-state index contributed by atoms with van der Waals surface area (Å²) < 4.78 is 0. The Bertz CT molecular complexity index is 305. The molecule has 16 heavy (non-hydrogen) atoms. The Morgan fingerprint density at radius 3 is 2.25 bits per heavy atom. The second-order valence-corrected chi connectivity index (χ2v) is 5.35. The lowest BCUT2D eigenvalue weighted by Gasteiger charge is -2.20. The molecule has 2 aliphatic rings. The van der Waals surface area contributed by atoms with Gasteiger partial charge >= 0.3 is 5.97 Å². The van der Waals surface area contributed by atoms with Crippen LogP contribution in [0.15, 0.2) is 0 Å². The summed E-state index contributed by atoms with van der Waals surface area (Å²) in [7, 11) is 0. The predicted octanol–water partition coefficient (Wildman–Crippen LogP) is 1.26. The van der Waals surface area contributed by atoms with Crippen molar-refractivity contribution in [1.29, 1.82) is 0 Å². The van der Waals surface area contributed by atoms with Gasteiger partial charge in [0.05, 0.1) is 5.92 Å². The molecule has 0 heterocycles. The highest BCUT2D eigenvalue weighted by atomic mass is 16.4. The summed E-state index contributed by atoms with van der Waals surface area (Å²) in [6, 6.07) is -0.290. The standard InChI is InChI=1S/C12H19NO3/c1-6(12(15)16)7(2)13-11(14)10-4-8-3-9(8)5-10/h6-10H,3-5H2,1-2H3,(H,13,14)(H,15,16). The Balaban J connectivity index is 1.80. The summed E-state index contributed by atoms with van der Waals surface area (Å²) in [5.41, 5.74) is 0. The lowest BCUT2D eigenvalue weighted by Crippen LogP contribution is -2.42. The molecular formula is C12H19NO3. The summed E-state index contributed by atoms with van der Waals surface area (Å²) in [4.78, 5) is 22.6. The maximum Gasteiger partial charge on any atom is 0.308 e. The molecule has 4 heteroatoms. The Labute approximate surface area is 95.4 Å². The molecule has 90 valence electrons. The summed E-state index contributed by atoms with van der Waals surface area (Å²) in [6.07, 6.45) is 3.31. The predicted molar refractivity (Wildman–Crippen MR) is 58.7 cm³/mol. The normalized spacial score (nSPS) is 35.0. The van der Waals surface area contributed by atoms with E-state index in [1.54, 1.807) is 13.8 Å². The number of amides is 1. The number of carboxylic acids is 1. The SMILES string of the molecule is CC(NC(=O)C1CC2CC2C1)C(C)C(=O)O. The zero-order chi connectivity index (χ0) is 11.9. The molecule has 0 aromatic heterocycles. The number of aliphatic carboxylic acids is 1. The van der Waals surface area contributed by atoms with E-state index >= 15 is 0 Å². The van der Waals surface area contributed by atoms with E-state index < -0.39 is 11.9 Å². The van der Waals surface area contributed by atoms with E-state index in [9.17, 15) is 9.59 Å². The van der Waals surface area contributed by atoms with E-state index in [-0.39, 0.29) is 17.9 Å². The third-order valence-electron chi connectivity index (χ3n) is 4.12. The molecule has 0 radical (unpaired) electrons. The molecule has 4 unspecified atom stereocenters. The van der Waals surface area contributed by atoms with Gasteiger partial charge in [-0.15, -0.1) is 0 Å². The van der Waals surface area contributed by atoms with Gasteiger partial charge in [0.15, 0.2) is 0 Å². The zero-order valence-electron chi connectivity index (χ0n) is 9.77. The van der Waals surface area contributed by atoms with Gasteiger partial charge in [-0.05, 0) is 44.9 Å². The van der Waals surface area contributed by atoms with Crippen molar-refractivity contribution in [3.8, 4) is 0 Å². The Kier molecular flexibility index (Phi) is 2.91. The molecular weight excluding hydrogens is 206 g/mol. The molecule has 2 N–H and O–H groups in total. The smallest absolute Gasteiger partial charge is 0.308 e. The number of rotatable bonds is 4. The minimum absolute atomic E-state index is 0.0489. The van der Waals surface area contributed by atoms with Crippen LogP contribution in [0.5, 0.6) is 0 Å². The van der Waals surface area contributed by atoms with Crippen molar-refractivity contribution in [2.45, 2.75) is 39.2 Å². The van der Waals surface area contributed by atoms with Gasteiger partial charge in [0, 0.05) is 12.0 Å². The molecule has 4 nitrogen and oxygen atoms in total. The van der Waals surface area contributed by atoms with E-state index in [0.29, 0.717) is 0 Å². The Hall–Kier alpha value is -1.06. The van der Waals surface area contributed by atoms with Crippen molar-refractivity contribution in [3.05, 3.63) is 0 Å². The van der Waals surface area contributed by atoms with Gasteiger partial charge in [-0.2, -0.15) is 0 Å². The first-order valence-corrected chi connectivity index (χ1v) is 6.02. The highest BCUT2D eigenvalue weighted by Crippen LogP contribution is 2.54. The van der Waals surface area contributed by atoms with Crippen LogP contribution in [0, 0.1) is 23.7 Å². The molecule has 2 fully saturated rings. The fourth-order valence-electron chi connectivity index (χ4n) is 2.61. The van der Waals surface area contributed by atoms with Gasteiger partial charge in [-0.3, -0.25) is 9.59 Å². The molecule has 0 aromatic rings. The van der Waals surface area contributed by atoms with Crippen LogP contribution in [0.25, 0.3) is 0 Å². The molecule has 2 rings (SSSR count). The van der Waals surface area contributed by atoms with E-state index in [1.807, 2.05) is 0 Å². The number of hydrogen-bond donors (Lipinski definition) is 2. The number of fused-ring (bicyclic) bond motifs is 1. The minimum atomic E-state index is -0.859. The molecule has 0 bridgehead atoms. The van der Waals surface area contributed by atoms with Crippen molar-refractivity contribution in [2.75, 3.05) is 0 Å². The van der Waals surface area contributed by atoms with Crippen molar-refractivity contribution in [2.24, 2.45) is 23.7 Å². The van der Waals surface area contributed by atoms with Gasteiger partial charge in [-0.25, -0.2) is 0 Å². The summed E-state index contributed by atoms with van der Waals surface area (Å²) in [6.45, 7) is 3.38. The lowest BCUT2D eigenvalue weighted by molar-refractivity contribution is -0.142. The van der Waals surface area contributed by atoms with Crippen LogP contribution in [0.4, 0.5) is 0 Å². The van der Waals surface area contributed by atoms with Crippen LogP contribution < -0.4 is 5.32 Å². The molecule has 2 saturated carbocycles. The topological polar surface area (TPSA) is 66.4 Å². The van der Waals surface area contributed by atoms with E-state index in [1.165, 1.54) is 6.42 Å². The molecule has 0 aromatic carbocycles. The average Bonchev–Trinajstić information content (AvgIpc) is 2.84. The third kappa shape index (κ3) is 2.20.